The molecule has 3 nitrogen and oxygen atoms in total. The number of anilines is 1. The van der Waals surface area contributed by atoms with E-state index in [0.717, 1.165) is 25.7 Å². The van der Waals surface area contributed by atoms with Crippen LogP contribution >= 0.6 is 0 Å². The lowest BCUT2D eigenvalue weighted by Gasteiger charge is -2.46. The quantitative estimate of drug-likeness (QED) is 0.773. The number of para-hydroxylation sites is 1. The Hall–Kier alpha value is -1.51. The summed E-state index contributed by atoms with van der Waals surface area (Å²) in [5.41, 5.74) is 2.08. The average Bonchev–Trinajstić information content (AvgIpc) is 2.43. The molecule has 1 aliphatic carbocycles. The van der Waals surface area contributed by atoms with Crippen LogP contribution in [0.5, 0.6) is 0 Å². The number of benzene rings is 1. The fraction of sp³-hybridized carbons (Fsp3) is 0.533. The lowest BCUT2D eigenvalue weighted by Crippen LogP contribution is -2.53. The van der Waals surface area contributed by atoms with Crippen molar-refractivity contribution in [1.82, 2.24) is 0 Å². The van der Waals surface area contributed by atoms with Crippen molar-refractivity contribution >= 4 is 11.7 Å². The van der Waals surface area contributed by atoms with E-state index in [1.807, 2.05) is 12.1 Å². The van der Waals surface area contributed by atoms with E-state index in [2.05, 4.69) is 17.4 Å². The Morgan fingerprint density at radius 1 is 1.39 bits per heavy atom. The third-order valence-electron chi connectivity index (χ3n) is 4.48. The molecule has 3 rings (SSSR count). The first-order chi connectivity index (χ1) is 8.76. The maximum absolute atomic E-state index is 12.3. The average molecular weight is 245 g/mol. The van der Waals surface area contributed by atoms with Gasteiger partial charge in [-0.3, -0.25) is 4.79 Å². The topological polar surface area (TPSA) is 38.3 Å². The van der Waals surface area contributed by atoms with Crippen LogP contribution in [0, 0.1) is 5.41 Å². The first-order valence-electron chi connectivity index (χ1n) is 6.69. The summed E-state index contributed by atoms with van der Waals surface area (Å²) in [6.07, 6.45) is 5.12. The molecule has 1 fully saturated rings. The highest BCUT2D eigenvalue weighted by atomic mass is 16.5. The summed E-state index contributed by atoms with van der Waals surface area (Å²) in [7, 11) is 1.50. The lowest BCUT2D eigenvalue weighted by atomic mass is 9.65. The Morgan fingerprint density at radius 3 is 3.06 bits per heavy atom. The maximum Gasteiger partial charge on any atom is 0.314 e. The van der Waals surface area contributed by atoms with Crippen molar-refractivity contribution < 1.29 is 9.53 Å². The molecule has 0 spiro atoms. The Labute approximate surface area is 108 Å². The molecule has 3 heteroatoms. The first-order valence-corrected chi connectivity index (χ1v) is 6.69. The Morgan fingerprint density at radius 2 is 2.22 bits per heavy atom. The standard InChI is InChI=1S/C15H19NO2/c1-18-14(17)15-9-5-4-8-13(15)16-12-7-3-2-6-11(12)10-15/h2-3,6-7,13,16H,4-5,8-10H2,1H3/t13-,15-/m0/s1. The molecule has 2 atom stereocenters. The Balaban J connectivity index is 2.02. The van der Waals surface area contributed by atoms with Gasteiger partial charge in [-0.25, -0.2) is 0 Å². The largest absolute Gasteiger partial charge is 0.469 e. The Kier molecular flexibility index (Phi) is 2.77. The van der Waals surface area contributed by atoms with Crippen molar-refractivity contribution in [2.45, 2.75) is 38.1 Å². The number of ether oxygens (including phenoxy) is 1. The van der Waals surface area contributed by atoms with Crippen LogP contribution in [0.4, 0.5) is 5.69 Å². The van der Waals surface area contributed by atoms with Gasteiger partial charge in [-0.1, -0.05) is 31.0 Å². The van der Waals surface area contributed by atoms with E-state index >= 15 is 0 Å². The van der Waals surface area contributed by atoms with E-state index < -0.39 is 0 Å². The van der Waals surface area contributed by atoms with Gasteiger partial charge in [-0.05, 0) is 30.9 Å². The molecular weight excluding hydrogens is 226 g/mol. The number of methoxy groups -OCH3 is 1. The molecule has 0 bridgehead atoms. The SMILES string of the molecule is COC(=O)[C@]12CCCC[C@@H]1Nc1ccccc1C2. The molecule has 1 N–H and O–H groups in total. The maximum atomic E-state index is 12.3. The normalized spacial score (nSPS) is 29.7. The zero-order valence-corrected chi connectivity index (χ0v) is 10.7. The van der Waals surface area contributed by atoms with Gasteiger partial charge >= 0.3 is 5.97 Å². The number of fused-ring (bicyclic) bond motifs is 2. The molecule has 18 heavy (non-hydrogen) atoms. The van der Waals surface area contributed by atoms with Crippen LogP contribution in [0.2, 0.25) is 0 Å². The van der Waals surface area contributed by atoms with Crippen LogP contribution in [-0.4, -0.2) is 19.1 Å². The van der Waals surface area contributed by atoms with Gasteiger partial charge in [0.1, 0.15) is 0 Å². The molecular formula is C15H19NO2. The van der Waals surface area contributed by atoms with Gasteiger partial charge < -0.3 is 10.1 Å². The van der Waals surface area contributed by atoms with Crippen molar-refractivity contribution in [3.8, 4) is 0 Å². The van der Waals surface area contributed by atoms with E-state index in [9.17, 15) is 4.79 Å². The number of carbonyl (C=O) groups excluding carboxylic acids is 1. The van der Waals surface area contributed by atoms with E-state index in [-0.39, 0.29) is 17.4 Å². The van der Waals surface area contributed by atoms with Crippen LogP contribution in [0.25, 0.3) is 0 Å². The summed E-state index contributed by atoms with van der Waals surface area (Å²) < 4.78 is 5.09. The number of rotatable bonds is 1. The van der Waals surface area contributed by atoms with Crippen LogP contribution in [0.15, 0.2) is 24.3 Å². The Bertz CT molecular complexity index is 471. The lowest BCUT2D eigenvalue weighted by molar-refractivity contribution is -0.155. The highest BCUT2D eigenvalue weighted by Gasteiger charge is 2.50. The van der Waals surface area contributed by atoms with Gasteiger partial charge in [0.05, 0.1) is 12.5 Å². The van der Waals surface area contributed by atoms with Crippen LogP contribution in [0.3, 0.4) is 0 Å². The first kappa shape index (κ1) is 11.6. The fourth-order valence-electron chi connectivity index (χ4n) is 3.52. The van der Waals surface area contributed by atoms with E-state index in [1.54, 1.807) is 0 Å². The number of hydrogen-bond donors (Lipinski definition) is 1. The van der Waals surface area contributed by atoms with Crippen LogP contribution < -0.4 is 5.32 Å². The van der Waals surface area contributed by atoms with Crippen LogP contribution in [-0.2, 0) is 16.0 Å². The minimum atomic E-state index is -0.346. The third kappa shape index (κ3) is 1.61. The monoisotopic (exact) mass is 245 g/mol. The summed E-state index contributed by atoms with van der Waals surface area (Å²) in [4.78, 5) is 12.3. The fourth-order valence-corrected chi connectivity index (χ4v) is 3.52. The molecule has 1 heterocycles. The van der Waals surface area contributed by atoms with Crippen molar-refractivity contribution in [3.05, 3.63) is 29.8 Å². The summed E-state index contributed by atoms with van der Waals surface area (Å²) in [6.45, 7) is 0. The van der Waals surface area contributed by atoms with Crippen molar-refractivity contribution in [3.63, 3.8) is 0 Å². The van der Waals surface area contributed by atoms with Crippen molar-refractivity contribution in [2.75, 3.05) is 12.4 Å². The van der Waals surface area contributed by atoms with E-state index in [1.165, 1.54) is 24.8 Å². The summed E-state index contributed by atoms with van der Waals surface area (Å²) in [5, 5.41) is 3.55. The molecule has 1 aliphatic heterocycles. The number of esters is 1. The second-order valence-corrected chi connectivity index (χ2v) is 5.42. The van der Waals surface area contributed by atoms with Gasteiger partial charge in [-0.2, -0.15) is 0 Å². The summed E-state index contributed by atoms with van der Waals surface area (Å²) in [5.74, 6) is -0.0470. The number of carbonyl (C=O) groups is 1. The van der Waals surface area contributed by atoms with Crippen molar-refractivity contribution in [2.24, 2.45) is 5.41 Å². The second-order valence-electron chi connectivity index (χ2n) is 5.42. The number of nitrogens with one attached hydrogen (secondary N) is 1. The summed E-state index contributed by atoms with van der Waals surface area (Å²) in [6, 6.07) is 8.52. The molecule has 2 aliphatic rings. The molecule has 96 valence electrons. The van der Waals surface area contributed by atoms with Gasteiger partial charge in [0.2, 0.25) is 0 Å². The molecule has 0 radical (unpaired) electrons. The zero-order valence-electron chi connectivity index (χ0n) is 10.7. The molecule has 0 saturated heterocycles. The predicted octanol–water partition coefficient (Wildman–Crippen LogP) is 2.76. The zero-order chi connectivity index (χ0) is 12.6. The van der Waals surface area contributed by atoms with Gasteiger partial charge in [0, 0.05) is 11.7 Å². The minimum Gasteiger partial charge on any atom is -0.469 e. The minimum absolute atomic E-state index is 0.0470. The highest BCUT2D eigenvalue weighted by Crippen LogP contribution is 2.46. The number of hydrogen-bond acceptors (Lipinski definition) is 3. The molecule has 1 saturated carbocycles. The molecule has 0 amide bonds. The van der Waals surface area contributed by atoms with E-state index in [4.69, 9.17) is 4.74 Å². The summed E-state index contributed by atoms with van der Waals surface area (Å²) >= 11 is 0. The van der Waals surface area contributed by atoms with Crippen molar-refractivity contribution in [1.29, 1.82) is 0 Å². The smallest absolute Gasteiger partial charge is 0.314 e. The highest BCUT2D eigenvalue weighted by molar-refractivity contribution is 5.81. The van der Waals surface area contributed by atoms with Gasteiger partial charge in [-0.15, -0.1) is 0 Å². The molecule has 1 aromatic carbocycles. The molecule has 0 unspecified atom stereocenters. The van der Waals surface area contributed by atoms with Gasteiger partial charge in [0.25, 0.3) is 0 Å². The second kappa shape index (κ2) is 4.30. The van der Waals surface area contributed by atoms with E-state index in [0.29, 0.717) is 0 Å². The molecule has 1 aromatic rings. The van der Waals surface area contributed by atoms with Gasteiger partial charge in [0.15, 0.2) is 0 Å². The third-order valence-corrected chi connectivity index (χ3v) is 4.48. The molecule has 0 aromatic heterocycles. The van der Waals surface area contributed by atoms with Crippen LogP contribution in [0.1, 0.15) is 31.2 Å². The predicted molar refractivity (Wildman–Crippen MR) is 70.5 cm³/mol.